The summed E-state index contributed by atoms with van der Waals surface area (Å²) in [6, 6.07) is 8.13. The summed E-state index contributed by atoms with van der Waals surface area (Å²) in [5, 5.41) is 7.16. The van der Waals surface area contributed by atoms with E-state index in [1.165, 1.54) is 4.70 Å². The maximum atomic E-state index is 6.20. The average molecular weight is 303 g/mol. The number of nitrogens with two attached hydrogens (primary N) is 1. The second-order valence-corrected chi connectivity index (χ2v) is 6.03. The van der Waals surface area contributed by atoms with Gasteiger partial charge in [0.2, 0.25) is 0 Å². The number of thiophene rings is 1. The Hall–Kier alpha value is -1.76. The van der Waals surface area contributed by atoms with Gasteiger partial charge in [-0.1, -0.05) is 23.4 Å². The Morgan fingerprint density at radius 2 is 2.19 bits per heavy atom. The number of nitrogens with zero attached hydrogens (tertiary/aromatic N) is 2. The molecule has 2 aromatic heterocycles. The molecule has 0 fully saturated rings. The molecule has 1 unspecified atom stereocenters. The molecule has 2 N–H and O–H groups in total. The van der Waals surface area contributed by atoms with E-state index >= 15 is 0 Å². The number of ether oxygens (including phenoxy) is 1. The summed E-state index contributed by atoms with van der Waals surface area (Å²) in [4.78, 5) is 4.45. The van der Waals surface area contributed by atoms with Gasteiger partial charge in [-0.2, -0.15) is 4.98 Å². The van der Waals surface area contributed by atoms with Crippen molar-refractivity contribution in [1.82, 2.24) is 10.1 Å². The van der Waals surface area contributed by atoms with E-state index in [1.807, 2.05) is 37.4 Å². The molecular formula is C15H17N3O2S. The van der Waals surface area contributed by atoms with Crippen molar-refractivity contribution in [3.05, 3.63) is 35.5 Å². The van der Waals surface area contributed by atoms with Crippen molar-refractivity contribution in [2.45, 2.75) is 19.4 Å². The fourth-order valence-electron chi connectivity index (χ4n) is 2.09. The van der Waals surface area contributed by atoms with E-state index in [0.717, 1.165) is 10.9 Å². The molecule has 0 bridgehead atoms. The van der Waals surface area contributed by atoms with Gasteiger partial charge in [0.05, 0.1) is 12.2 Å². The number of benzene rings is 1. The van der Waals surface area contributed by atoms with Crippen LogP contribution in [0.3, 0.4) is 0 Å². The molecule has 5 nitrogen and oxygen atoms in total. The van der Waals surface area contributed by atoms with Crippen molar-refractivity contribution < 1.29 is 9.26 Å². The Balaban J connectivity index is 1.95. The van der Waals surface area contributed by atoms with Crippen molar-refractivity contribution in [2.24, 2.45) is 5.73 Å². The quantitative estimate of drug-likeness (QED) is 0.783. The lowest BCUT2D eigenvalue weighted by atomic mass is 10.1. The van der Waals surface area contributed by atoms with E-state index in [2.05, 4.69) is 16.2 Å². The number of hydrogen-bond donors (Lipinski definition) is 1. The topological polar surface area (TPSA) is 74.2 Å². The molecule has 0 aliphatic rings. The van der Waals surface area contributed by atoms with E-state index in [-0.39, 0.29) is 0 Å². The molecule has 3 rings (SSSR count). The molecule has 0 radical (unpaired) electrons. The maximum Gasteiger partial charge on any atom is 0.259 e. The van der Waals surface area contributed by atoms with Gasteiger partial charge in [0.1, 0.15) is 5.54 Å². The predicted octanol–water partition coefficient (Wildman–Crippen LogP) is 3.16. The van der Waals surface area contributed by atoms with E-state index in [9.17, 15) is 0 Å². The molecule has 3 aromatic rings. The lowest BCUT2D eigenvalue weighted by molar-refractivity contribution is 0.0962. The smallest absolute Gasteiger partial charge is 0.259 e. The first-order valence-electron chi connectivity index (χ1n) is 6.79. The zero-order valence-electron chi connectivity index (χ0n) is 12.0. The minimum Gasteiger partial charge on any atom is -0.379 e. The van der Waals surface area contributed by atoms with E-state index in [4.69, 9.17) is 15.0 Å². The molecular weight excluding hydrogens is 286 g/mol. The summed E-state index contributed by atoms with van der Waals surface area (Å²) in [7, 11) is 0. The van der Waals surface area contributed by atoms with Crippen LogP contribution in [0.15, 0.2) is 34.2 Å². The van der Waals surface area contributed by atoms with Gasteiger partial charge in [-0.05, 0) is 19.9 Å². The van der Waals surface area contributed by atoms with Crippen molar-refractivity contribution in [3.63, 3.8) is 0 Å². The van der Waals surface area contributed by atoms with Crippen LogP contribution in [-0.2, 0) is 10.3 Å². The van der Waals surface area contributed by atoms with Crippen molar-refractivity contribution in [2.75, 3.05) is 13.2 Å². The standard InChI is InChI=1S/C15H17N3O2S/c1-3-19-9-15(2,16)14-17-13(20-18-14)11-8-21-12-7-5-4-6-10(11)12/h4-8H,3,9,16H2,1-2H3. The van der Waals surface area contributed by atoms with Crippen LogP contribution in [0, 0.1) is 0 Å². The number of fused-ring (bicyclic) bond motifs is 1. The van der Waals surface area contributed by atoms with E-state index in [0.29, 0.717) is 24.9 Å². The average Bonchev–Trinajstić information content (AvgIpc) is 3.11. The first kappa shape index (κ1) is 14.2. The van der Waals surface area contributed by atoms with Crippen LogP contribution < -0.4 is 5.73 Å². The third kappa shape index (κ3) is 2.70. The molecule has 1 aromatic carbocycles. The lowest BCUT2D eigenvalue weighted by Gasteiger charge is -2.19. The highest BCUT2D eigenvalue weighted by atomic mass is 32.1. The summed E-state index contributed by atoms with van der Waals surface area (Å²) in [5.74, 6) is 0.955. The van der Waals surface area contributed by atoms with Crippen molar-refractivity contribution in [3.8, 4) is 11.5 Å². The summed E-state index contributed by atoms with van der Waals surface area (Å²) in [6.45, 7) is 4.72. The monoisotopic (exact) mass is 303 g/mol. The molecule has 110 valence electrons. The number of hydrogen-bond acceptors (Lipinski definition) is 6. The Labute approximate surface area is 126 Å². The fraction of sp³-hybridized carbons (Fsp3) is 0.333. The van der Waals surface area contributed by atoms with Crippen LogP contribution >= 0.6 is 11.3 Å². The Morgan fingerprint density at radius 3 is 3.00 bits per heavy atom. The first-order valence-corrected chi connectivity index (χ1v) is 7.67. The first-order chi connectivity index (χ1) is 10.1. The van der Waals surface area contributed by atoms with Crippen LogP contribution in [0.4, 0.5) is 0 Å². The molecule has 21 heavy (non-hydrogen) atoms. The third-order valence-electron chi connectivity index (χ3n) is 3.25. The van der Waals surface area contributed by atoms with Gasteiger partial charge in [-0.25, -0.2) is 0 Å². The zero-order valence-corrected chi connectivity index (χ0v) is 12.8. The molecule has 0 amide bonds. The highest BCUT2D eigenvalue weighted by molar-refractivity contribution is 7.17. The Bertz CT molecular complexity index is 748. The van der Waals surface area contributed by atoms with Gasteiger partial charge in [0.15, 0.2) is 5.82 Å². The second-order valence-electron chi connectivity index (χ2n) is 5.12. The summed E-state index contributed by atoms with van der Waals surface area (Å²) < 4.78 is 12.0. The highest BCUT2D eigenvalue weighted by Gasteiger charge is 2.28. The molecule has 1 atom stereocenters. The molecule has 2 heterocycles. The summed E-state index contributed by atoms with van der Waals surface area (Å²) >= 11 is 1.66. The lowest BCUT2D eigenvalue weighted by Crippen LogP contribution is -2.39. The van der Waals surface area contributed by atoms with Crippen LogP contribution in [0.25, 0.3) is 21.5 Å². The number of aromatic nitrogens is 2. The van der Waals surface area contributed by atoms with Gasteiger partial charge in [0.25, 0.3) is 5.89 Å². The largest absolute Gasteiger partial charge is 0.379 e. The van der Waals surface area contributed by atoms with Gasteiger partial charge < -0.3 is 15.0 Å². The Morgan fingerprint density at radius 1 is 1.38 bits per heavy atom. The van der Waals surface area contributed by atoms with Gasteiger partial charge in [0, 0.05) is 22.1 Å². The van der Waals surface area contributed by atoms with Crippen LogP contribution in [-0.4, -0.2) is 23.4 Å². The van der Waals surface area contributed by atoms with Crippen molar-refractivity contribution in [1.29, 1.82) is 0 Å². The van der Waals surface area contributed by atoms with Crippen LogP contribution in [0.1, 0.15) is 19.7 Å². The SMILES string of the molecule is CCOCC(C)(N)c1noc(-c2csc3ccccc23)n1. The fourth-order valence-corrected chi connectivity index (χ4v) is 3.02. The second kappa shape index (κ2) is 5.55. The van der Waals surface area contributed by atoms with Gasteiger partial charge in [-0.15, -0.1) is 11.3 Å². The molecule has 0 spiro atoms. The normalized spacial score (nSPS) is 14.4. The van der Waals surface area contributed by atoms with Crippen molar-refractivity contribution >= 4 is 21.4 Å². The van der Waals surface area contributed by atoms with Crippen LogP contribution in [0.2, 0.25) is 0 Å². The van der Waals surface area contributed by atoms with Crippen LogP contribution in [0.5, 0.6) is 0 Å². The van der Waals surface area contributed by atoms with Gasteiger partial charge >= 0.3 is 0 Å². The summed E-state index contributed by atoms with van der Waals surface area (Å²) in [6.07, 6.45) is 0. The number of rotatable bonds is 5. The molecule has 0 aliphatic heterocycles. The highest BCUT2D eigenvalue weighted by Crippen LogP contribution is 2.33. The van der Waals surface area contributed by atoms with E-state index < -0.39 is 5.54 Å². The Kier molecular flexibility index (Phi) is 3.75. The predicted molar refractivity (Wildman–Crippen MR) is 83.1 cm³/mol. The molecule has 0 saturated carbocycles. The molecule has 6 heteroatoms. The van der Waals surface area contributed by atoms with E-state index in [1.54, 1.807) is 11.3 Å². The third-order valence-corrected chi connectivity index (χ3v) is 4.22. The minimum atomic E-state index is -0.760. The summed E-state index contributed by atoms with van der Waals surface area (Å²) in [5.41, 5.74) is 6.38. The minimum absolute atomic E-state index is 0.354. The molecule has 0 aliphatic carbocycles. The van der Waals surface area contributed by atoms with Gasteiger partial charge in [-0.3, -0.25) is 0 Å². The maximum absolute atomic E-state index is 6.20. The zero-order chi connectivity index (χ0) is 14.9. The molecule has 0 saturated heterocycles.